The summed E-state index contributed by atoms with van der Waals surface area (Å²) >= 11 is 6.61. The third-order valence-electron chi connectivity index (χ3n) is 6.11. The Kier molecular flexibility index (Phi) is 10.2. The molecule has 3 N–H and O–H groups in total. The van der Waals surface area contributed by atoms with Crippen LogP contribution in [0.15, 0.2) is 73.1 Å². The topological polar surface area (TPSA) is 114 Å². The Morgan fingerprint density at radius 1 is 1.09 bits per heavy atom. The number of ether oxygens (including phenoxy) is 2. The lowest BCUT2D eigenvalue weighted by molar-refractivity contribution is -0.121. The van der Waals surface area contributed by atoms with Gasteiger partial charge in [-0.15, -0.1) is 11.6 Å². The van der Waals surface area contributed by atoms with E-state index in [0.29, 0.717) is 52.5 Å². The van der Waals surface area contributed by atoms with Crippen molar-refractivity contribution < 1.29 is 23.5 Å². The number of aromatic nitrogens is 2. The van der Waals surface area contributed by atoms with Crippen LogP contribution < -0.4 is 25.4 Å². The number of halogens is 2. The maximum absolute atomic E-state index is 15.3. The largest absolute Gasteiger partial charge is 0.496 e. The predicted octanol–water partition coefficient (Wildman–Crippen LogP) is 6.35. The molecule has 3 aromatic carbocycles. The molecule has 1 heterocycles. The summed E-state index contributed by atoms with van der Waals surface area (Å²) in [6, 6.07) is 15.1. The third-order valence-corrected chi connectivity index (χ3v) is 6.50. The lowest BCUT2D eigenvalue weighted by Gasteiger charge is -2.20. The molecule has 0 aliphatic carbocycles. The Morgan fingerprint density at radius 2 is 1.88 bits per heavy atom. The molecule has 1 unspecified atom stereocenters. The summed E-state index contributed by atoms with van der Waals surface area (Å²) in [7, 11) is 1.53. The number of amides is 2. The van der Waals surface area contributed by atoms with Crippen LogP contribution in [0.1, 0.15) is 37.3 Å². The van der Waals surface area contributed by atoms with Crippen molar-refractivity contribution in [3.8, 4) is 17.2 Å². The first kappa shape index (κ1) is 31.2. The number of fused-ring (bicyclic) bond motifs is 1. The van der Waals surface area contributed by atoms with Crippen LogP contribution in [0.25, 0.3) is 10.9 Å². The molecule has 0 spiro atoms. The predicted molar refractivity (Wildman–Crippen MR) is 166 cm³/mol. The van der Waals surface area contributed by atoms with E-state index in [0.717, 1.165) is 5.56 Å². The highest BCUT2D eigenvalue weighted by atomic mass is 35.5. The molecule has 43 heavy (non-hydrogen) atoms. The number of carbonyl (C=O) groups is 2. The molecule has 0 aliphatic heterocycles. The van der Waals surface area contributed by atoms with Crippen LogP contribution in [-0.4, -0.2) is 41.5 Å². The fourth-order valence-electron chi connectivity index (χ4n) is 4.29. The quantitative estimate of drug-likeness (QED) is 0.0746. The van der Waals surface area contributed by atoms with Crippen LogP contribution in [0, 0.1) is 5.82 Å². The highest BCUT2D eigenvalue weighted by Crippen LogP contribution is 2.37. The van der Waals surface area contributed by atoms with Crippen LogP contribution >= 0.6 is 11.6 Å². The standard InChI is InChI=1S/C32H33ClFN5O4/c1-32(2,3)39-30(41)14-20-7-5-8-21(13-20)43-22-10-11-27(26(34)15-22)38-31-24-16-23(25(33)9-6-12-35-19-40)29(42-4)17-28(24)36-18-37-31/h5-11,13,15-19,25H,12,14H2,1-4H3,(H,35,40)(H,39,41)(H,36,37,38)/b9-6+. The molecular formula is C32H33ClFN5O4. The summed E-state index contributed by atoms with van der Waals surface area (Å²) in [5.41, 5.74) is 1.85. The van der Waals surface area contributed by atoms with Crippen molar-refractivity contribution in [1.29, 1.82) is 0 Å². The Balaban J connectivity index is 1.53. The van der Waals surface area contributed by atoms with Gasteiger partial charge in [0.2, 0.25) is 12.3 Å². The summed E-state index contributed by atoms with van der Waals surface area (Å²) in [6.45, 7) is 6.10. The molecule has 0 bridgehead atoms. The number of nitrogens with zero attached hydrogens (tertiary/aromatic N) is 2. The van der Waals surface area contributed by atoms with Gasteiger partial charge in [-0.2, -0.15) is 0 Å². The molecule has 2 amide bonds. The second-order valence-electron chi connectivity index (χ2n) is 10.7. The van der Waals surface area contributed by atoms with Crippen LogP contribution in [0.2, 0.25) is 0 Å². The average molecular weight is 606 g/mol. The minimum absolute atomic E-state index is 0.0983. The van der Waals surface area contributed by atoms with Crippen LogP contribution in [0.4, 0.5) is 15.9 Å². The van der Waals surface area contributed by atoms with Crippen molar-refractivity contribution >= 4 is 46.3 Å². The normalized spacial score (nSPS) is 12.1. The van der Waals surface area contributed by atoms with E-state index in [2.05, 4.69) is 25.9 Å². The van der Waals surface area contributed by atoms with E-state index in [1.54, 1.807) is 54.6 Å². The molecular weight excluding hydrogens is 573 g/mol. The fourth-order valence-corrected chi connectivity index (χ4v) is 4.56. The Labute approximate surface area is 254 Å². The number of allylic oxidation sites excluding steroid dienone is 1. The van der Waals surface area contributed by atoms with Crippen molar-refractivity contribution in [2.24, 2.45) is 0 Å². The number of carbonyl (C=O) groups excluding carboxylic acids is 2. The van der Waals surface area contributed by atoms with Crippen LogP contribution in [0.5, 0.6) is 17.2 Å². The molecule has 224 valence electrons. The maximum atomic E-state index is 15.3. The Morgan fingerprint density at radius 3 is 2.60 bits per heavy atom. The van der Waals surface area contributed by atoms with E-state index in [1.807, 2.05) is 26.8 Å². The summed E-state index contributed by atoms with van der Waals surface area (Å²) in [4.78, 5) is 31.5. The van der Waals surface area contributed by atoms with Gasteiger partial charge in [0, 0.05) is 35.2 Å². The van der Waals surface area contributed by atoms with Crippen LogP contribution in [-0.2, 0) is 16.0 Å². The van der Waals surface area contributed by atoms with Gasteiger partial charge in [-0.1, -0.05) is 24.3 Å². The molecule has 1 atom stereocenters. The van der Waals surface area contributed by atoms with E-state index in [1.165, 1.54) is 19.5 Å². The van der Waals surface area contributed by atoms with Gasteiger partial charge < -0.3 is 25.4 Å². The van der Waals surface area contributed by atoms with Gasteiger partial charge in [0.05, 0.1) is 30.1 Å². The van der Waals surface area contributed by atoms with Gasteiger partial charge in [0.25, 0.3) is 0 Å². The molecule has 4 rings (SSSR count). The van der Waals surface area contributed by atoms with Crippen molar-refractivity contribution in [1.82, 2.24) is 20.6 Å². The summed E-state index contributed by atoms with van der Waals surface area (Å²) in [6.07, 6.45) is 5.63. The molecule has 0 saturated heterocycles. The number of rotatable bonds is 12. The monoisotopic (exact) mass is 605 g/mol. The second kappa shape index (κ2) is 14.0. The molecule has 1 aromatic heterocycles. The Bertz CT molecular complexity index is 1640. The number of methoxy groups -OCH3 is 1. The number of hydrogen-bond donors (Lipinski definition) is 3. The second-order valence-corrected chi connectivity index (χ2v) is 11.2. The molecule has 0 saturated carbocycles. The lowest BCUT2D eigenvalue weighted by Crippen LogP contribution is -2.41. The molecule has 11 heteroatoms. The maximum Gasteiger partial charge on any atom is 0.224 e. The summed E-state index contributed by atoms with van der Waals surface area (Å²) in [5.74, 6) is 1.02. The SMILES string of the molecule is COc1cc2ncnc(Nc3ccc(Oc4cccc(CC(=O)NC(C)(C)C)c4)cc3F)c2cc1C(Cl)/C=C/CNC=O. The van der Waals surface area contributed by atoms with Gasteiger partial charge >= 0.3 is 0 Å². The molecule has 0 radical (unpaired) electrons. The number of benzene rings is 3. The van der Waals surface area contributed by atoms with E-state index < -0.39 is 11.2 Å². The first-order valence-corrected chi connectivity index (χ1v) is 13.9. The lowest BCUT2D eigenvalue weighted by atomic mass is 10.1. The first-order chi connectivity index (χ1) is 20.6. The zero-order valence-corrected chi connectivity index (χ0v) is 25.0. The molecule has 0 aliphatic rings. The highest BCUT2D eigenvalue weighted by molar-refractivity contribution is 6.22. The van der Waals surface area contributed by atoms with E-state index in [9.17, 15) is 9.59 Å². The molecule has 0 fully saturated rings. The Hall–Kier alpha value is -4.70. The molecule has 9 nitrogen and oxygen atoms in total. The van der Waals surface area contributed by atoms with Crippen LogP contribution in [0.3, 0.4) is 0 Å². The number of alkyl halides is 1. The third kappa shape index (κ3) is 8.65. The van der Waals surface area contributed by atoms with Gasteiger partial charge in [0.15, 0.2) is 0 Å². The van der Waals surface area contributed by atoms with Gasteiger partial charge in [0.1, 0.15) is 35.2 Å². The van der Waals surface area contributed by atoms with Crippen molar-refractivity contribution in [2.75, 3.05) is 19.0 Å². The van der Waals surface area contributed by atoms with Gasteiger partial charge in [-0.05, 0) is 56.7 Å². The summed E-state index contributed by atoms with van der Waals surface area (Å²) < 4.78 is 26.7. The van der Waals surface area contributed by atoms with Crippen molar-refractivity contribution in [2.45, 2.75) is 38.1 Å². The zero-order chi connectivity index (χ0) is 31.0. The van der Waals surface area contributed by atoms with E-state index >= 15 is 4.39 Å². The number of anilines is 2. The smallest absolute Gasteiger partial charge is 0.224 e. The number of nitrogens with one attached hydrogen (secondary N) is 3. The number of hydrogen-bond acceptors (Lipinski definition) is 7. The highest BCUT2D eigenvalue weighted by Gasteiger charge is 2.17. The minimum Gasteiger partial charge on any atom is -0.496 e. The van der Waals surface area contributed by atoms with Crippen molar-refractivity contribution in [3.63, 3.8) is 0 Å². The van der Waals surface area contributed by atoms with E-state index in [4.69, 9.17) is 21.1 Å². The van der Waals surface area contributed by atoms with Gasteiger partial charge in [-0.25, -0.2) is 14.4 Å². The zero-order valence-electron chi connectivity index (χ0n) is 24.3. The molecule has 4 aromatic rings. The average Bonchev–Trinajstić information content (AvgIpc) is 2.95. The first-order valence-electron chi connectivity index (χ1n) is 13.5. The van der Waals surface area contributed by atoms with E-state index in [-0.39, 0.29) is 23.6 Å². The van der Waals surface area contributed by atoms with Gasteiger partial charge in [-0.3, -0.25) is 9.59 Å². The fraction of sp³-hybridized carbons (Fsp3) is 0.250. The minimum atomic E-state index is -0.569. The van der Waals surface area contributed by atoms with Crippen molar-refractivity contribution in [3.05, 3.63) is 90.0 Å². The summed E-state index contributed by atoms with van der Waals surface area (Å²) in [5, 5.41) is 8.56.